The van der Waals surface area contributed by atoms with Crippen molar-refractivity contribution in [3.8, 4) is 6.07 Å². The quantitative estimate of drug-likeness (QED) is 0.579. The number of benzene rings is 1. The molecular weight excluding hydrogens is 474 g/mol. The van der Waals surface area contributed by atoms with Crippen LogP contribution in [0.4, 0.5) is 10.5 Å². The number of carbonyl (C=O) groups excluding carboxylic acids is 4. The Bertz CT molecular complexity index is 1110. The van der Waals surface area contributed by atoms with E-state index in [0.29, 0.717) is 12.1 Å². The molecule has 1 aromatic rings. The van der Waals surface area contributed by atoms with E-state index in [1.165, 1.54) is 9.80 Å². The van der Waals surface area contributed by atoms with E-state index < -0.39 is 29.2 Å². The van der Waals surface area contributed by atoms with Crippen LogP contribution in [-0.4, -0.2) is 71.4 Å². The van der Waals surface area contributed by atoms with E-state index in [1.54, 1.807) is 27.8 Å². The molecule has 0 aliphatic carbocycles. The highest BCUT2D eigenvalue weighted by Gasteiger charge is 2.56. The third-order valence-corrected chi connectivity index (χ3v) is 6.76. The van der Waals surface area contributed by atoms with Gasteiger partial charge >= 0.3 is 6.09 Å². The van der Waals surface area contributed by atoms with Gasteiger partial charge < -0.3 is 25.2 Å². The molecule has 1 spiro atoms. The number of carbonyl (C=O) groups is 4. The summed E-state index contributed by atoms with van der Waals surface area (Å²) in [6, 6.07) is 7.93. The molecule has 0 radical (unpaired) electrons. The molecule has 0 bridgehead atoms. The summed E-state index contributed by atoms with van der Waals surface area (Å²) in [7, 11) is 1.56. The minimum Gasteiger partial charge on any atom is -0.444 e. The smallest absolute Gasteiger partial charge is 0.407 e. The maximum atomic E-state index is 13.9. The van der Waals surface area contributed by atoms with E-state index in [9.17, 15) is 24.4 Å². The Hall–Kier alpha value is -3.61. The zero-order valence-electron chi connectivity index (χ0n) is 22.5. The summed E-state index contributed by atoms with van der Waals surface area (Å²) in [6.45, 7) is 9.29. The number of amides is 4. The third-order valence-electron chi connectivity index (χ3n) is 6.76. The van der Waals surface area contributed by atoms with Crippen LogP contribution in [0.3, 0.4) is 0 Å². The van der Waals surface area contributed by atoms with Crippen LogP contribution in [0.2, 0.25) is 0 Å². The highest BCUT2D eigenvalue weighted by molar-refractivity contribution is 6.07. The fourth-order valence-corrected chi connectivity index (χ4v) is 4.98. The number of fused-ring (bicyclic) bond motifs is 2. The van der Waals surface area contributed by atoms with Gasteiger partial charge in [0, 0.05) is 38.7 Å². The van der Waals surface area contributed by atoms with Gasteiger partial charge in [0.15, 0.2) is 0 Å². The Morgan fingerprint density at radius 1 is 1.30 bits per heavy atom. The molecule has 1 fully saturated rings. The molecule has 10 nitrogen and oxygen atoms in total. The first-order valence-corrected chi connectivity index (χ1v) is 12.6. The molecule has 1 aromatic carbocycles. The average Bonchev–Trinajstić information content (AvgIpc) is 3.33. The van der Waals surface area contributed by atoms with Crippen molar-refractivity contribution in [2.45, 2.75) is 77.0 Å². The molecule has 4 amide bonds. The standard InChI is InChI=1S/C27H37N5O5/c1-17(2)13-21(31(6)22(33)11-12-29-25(36)37-26(3,4)5)23(34)32-16-27(14-18(32)15-28)19-9-7-8-10-20(19)30-24(27)35/h7-10,17-18,21H,11-14,16H2,1-6H3,(H,29,36)(H,30,35)/t18?,21-,27-/m0/s1. The van der Waals surface area contributed by atoms with Gasteiger partial charge in [-0.3, -0.25) is 14.4 Å². The molecule has 200 valence electrons. The number of para-hydroxylation sites is 1. The van der Waals surface area contributed by atoms with Gasteiger partial charge in [0.1, 0.15) is 17.7 Å². The third kappa shape index (κ3) is 6.04. The molecule has 2 aliphatic rings. The summed E-state index contributed by atoms with van der Waals surface area (Å²) in [5, 5.41) is 15.4. The Morgan fingerprint density at radius 3 is 2.59 bits per heavy atom. The normalized spacial score (nSPS) is 21.3. The van der Waals surface area contributed by atoms with Gasteiger partial charge in [0.25, 0.3) is 0 Å². The number of alkyl carbamates (subject to hydrolysis) is 1. The molecule has 2 N–H and O–H groups in total. The van der Waals surface area contributed by atoms with Crippen LogP contribution in [0.25, 0.3) is 0 Å². The molecule has 3 atom stereocenters. The van der Waals surface area contributed by atoms with Gasteiger partial charge in [-0.1, -0.05) is 32.0 Å². The van der Waals surface area contributed by atoms with Crippen molar-refractivity contribution >= 4 is 29.5 Å². The van der Waals surface area contributed by atoms with Crippen LogP contribution < -0.4 is 10.6 Å². The molecule has 2 aliphatic heterocycles. The highest BCUT2D eigenvalue weighted by atomic mass is 16.6. The van der Waals surface area contributed by atoms with Crippen molar-refractivity contribution in [3.63, 3.8) is 0 Å². The average molecular weight is 512 g/mol. The van der Waals surface area contributed by atoms with Gasteiger partial charge in [-0.05, 0) is 44.7 Å². The topological polar surface area (TPSA) is 132 Å². The first kappa shape index (κ1) is 28.0. The van der Waals surface area contributed by atoms with Crippen molar-refractivity contribution in [3.05, 3.63) is 29.8 Å². The first-order chi connectivity index (χ1) is 17.3. The molecule has 0 saturated carbocycles. The number of nitriles is 1. The minimum absolute atomic E-state index is 0.0149. The first-order valence-electron chi connectivity index (χ1n) is 12.6. The van der Waals surface area contributed by atoms with E-state index in [1.807, 2.05) is 38.1 Å². The number of hydrogen-bond donors (Lipinski definition) is 2. The minimum atomic E-state index is -0.991. The lowest BCUT2D eigenvalue weighted by Crippen LogP contribution is -2.52. The molecule has 37 heavy (non-hydrogen) atoms. The van der Waals surface area contributed by atoms with Crippen molar-refractivity contribution < 1.29 is 23.9 Å². The zero-order valence-corrected chi connectivity index (χ0v) is 22.5. The fourth-order valence-electron chi connectivity index (χ4n) is 4.98. The summed E-state index contributed by atoms with van der Waals surface area (Å²) in [4.78, 5) is 54.7. The molecule has 0 aromatic heterocycles. The number of hydrogen-bond acceptors (Lipinski definition) is 6. The monoisotopic (exact) mass is 511 g/mol. The lowest BCUT2D eigenvalue weighted by molar-refractivity contribution is -0.145. The predicted molar refractivity (Wildman–Crippen MR) is 137 cm³/mol. The van der Waals surface area contributed by atoms with E-state index in [4.69, 9.17) is 4.74 Å². The summed E-state index contributed by atoms with van der Waals surface area (Å²) in [5.74, 6) is -0.800. The van der Waals surface area contributed by atoms with E-state index in [-0.39, 0.29) is 49.6 Å². The Morgan fingerprint density at radius 2 is 1.97 bits per heavy atom. The van der Waals surface area contributed by atoms with Crippen molar-refractivity contribution in [2.24, 2.45) is 5.92 Å². The lowest BCUT2D eigenvalue weighted by Gasteiger charge is -2.33. The molecule has 3 rings (SSSR count). The Labute approximate surface area is 218 Å². The molecule has 1 unspecified atom stereocenters. The largest absolute Gasteiger partial charge is 0.444 e. The molecule has 2 heterocycles. The Kier molecular flexibility index (Phi) is 8.16. The SMILES string of the molecule is CC(C)C[C@@H](C(=O)N1C[C@]2(CC1C#N)C(=O)Nc1ccccc12)N(C)C(=O)CCNC(=O)OC(C)(C)C. The number of likely N-dealkylation sites (tertiary alicyclic amines) is 1. The number of nitrogens with zero attached hydrogens (tertiary/aromatic N) is 3. The molecular formula is C27H37N5O5. The fraction of sp³-hybridized carbons (Fsp3) is 0.593. The lowest BCUT2D eigenvalue weighted by atomic mass is 9.80. The second-order valence-electron chi connectivity index (χ2n) is 11.2. The summed E-state index contributed by atoms with van der Waals surface area (Å²) in [6.07, 6.45) is -0.0411. The van der Waals surface area contributed by atoms with Crippen molar-refractivity contribution in [2.75, 3.05) is 25.5 Å². The van der Waals surface area contributed by atoms with Gasteiger partial charge in [-0.2, -0.15) is 5.26 Å². The van der Waals surface area contributed by atoms with E-state index in [2.05, 4.69) is 16.7 Å². The van der Waals surface area contributed by atoms with Crippen LogP contribution in [0.15, 0.2) is 24.3 Å². The summed E-state index contributed by atoms with van der Waals surface area (Å²) >= 11 is 0. The summed E-state index contributed by atoms with van der Waals surface area (Å²) in [5.41, 5.74) is -0.161. The van der Waals surface area contributed by atoms with Crippen LogP contribution in [0.5, 0.6) is 0 Å². The Balaban J connectivity index is 1.75. The van der Waals surface area contributed by atoms with Crippen molar-refractivity contribution in [1.29, 1.82) is 5.26 Å². The van der Waals surface area contributed by atoms with Gasteiger partial charge in [0.05, 0.1) is 11.5 Å². The zero-order chi connectivity index (χ0) is 27.5. The van der Waals surface area contributed by atoms with E-state index in [0.717, 1.165) is 5.56 Å². The number of anilines is 1. The number of nitrogens with one attached hydrogen (secondary N) is 2. The van der Waals surface area contributed by atoms with Crippen LogP contribution in [-0.2, 0) is 24.5 Å². The van der Waals surface area contributed by atoms with E-state index >= 15 is 0 Å². The predicted octanol–water partition coefficient (Wildman–Crippen LogP) is 2.79. The van der Waals surface area contributed by atoms with Crippen molar-refractivity contribution in [1.82, 2.24) is 15.1 Å². The second-order valence-corrected chi connectivity index (χ2v) is 11.2. The summed E-state index contributed by atoms with van der Waals surface area (Å²) < 4.78 is 5.19. The highest BCUT2D eigenvalue weighted by Crippen LogP contribution is 2.46. The van der Waals surface area contributed by atoms with Gasteiger partial charge in [-0.15, -0.1) is 0 Å². The number of likely N-dealkylation sites (N-methyl/N-ethyl adjacent to an activating group) is 1. The maximum absolute atomic E-state index is 13.9. The number of rotatable bonds is 7. The van der Waals surface area contributed by atoms with Gasteiger partial charge in [-0.25, -0.2) is 4.79 Å². The van der Waals surface area contributed by atoms with Crippen LogP contribution in [0, 0.1) is 17.2 Å². The van der Waals surface area contributed by atoms with Gasteiger partial charge in [0.2, 0.25) is 17.7 Å². The second kappa shape index (κ2) is 10.8. The van der Waals surface area contributed by atoms with Crippen LogP contribution >= 0.6 is 0 Å². The number of ether oxygens (including phenoxy) is 1. The van der Waals surface area contributed by atoms with Crippen LogP contribution in [0.1, 0.15) is 59.4 Å². The molecule has 1 saturated heterocycles. The maximum Gasteiger partial charge on any atom is 0.407 e. The molecule has 10 heteroatoms.